The van der Waals surface area contributed by atoms with Crippen molar-refractivity contribution in [3.8, 4) is 0 Å². The lowest BCUT2D eigenvalue weighted by Gasteiger charge is -2.13. The second kappa shape index (κ2) is 5.97. The van der Waals surface area contributed by atoms with Gasteiger partial charge in [-0.05, 0) is 34.7 Å². The van der Waals surface area contributed by atoms with Crippen LogP contribution in [0.3, 0.4) is 0 Å². The Hall–Kier alpha value is -2.68. The molecule has 0 aliphatic carbocycles. The maximum absolute atomic E-state index is 11.3. The second-order valence-electron chi connectivity index (χ2n) is 3.41. The Morgan fingerprint density at radius 1 is 1.10 bits per heavy atom. The van der Waals surface area contributed by atoms with E-state index in [2.05, 4.69) is 0 Å². The monoisotopic (exact) mass is 296 g/mol. The molecule has 0 fully saturated rings. The van der Waals surface area contributed by atoms with Crippen molar-refractivity contribution in [1.29, 1.82) is 5.53 Å². The van der Waals surface area contributed by atoms with Gasteiger partial charge in [0, 0.05) is 12.2 Å². The van der Waals surface area contributed by atoms with Gasteiger partial charge in [-0.3, -0.25) is 14.1 Å². The molecule has 1 aromatic carbocycles. The standard InChI is InChI=1S/C10H7NO5S.HN3/c12-9-5-6-10(13)11(9)7-1-3-8(4-2-7)17(14,15)16;1-3-2/h1-6H,(H,14,15,16);1H. The quantitative estimate of drug-likeness (QED) is 0.276. The molecular weight excluding hydrogens is 288 g/mol. The van der Waals surface area contributed by atoms with E-state index in [1.165, 1.54) is 12.1 Å². The molecule has 0 bridgehead atoms. The predicted octanol–water partition coefficient (Wildman–Crippen LogP) is 1.24. The summed E-state index contributed by atoms with van der Waals surface area (Å²) in [6, 6.07) is 4.77. The highest BCUT2D eigenvalue weighted by molar-refractivity contribution is 7.85. The zero-order valence-corrected chi connectivity index (χ0v) is 10.6. The van der Waals surface area contributed by atoms with Crippen LogP contribution >= 0.6 is 0 Å². The highest BCUT2D eigenvalue weighted by atomic mass is 32.2. The van der Waals surface area contributed by atoms with Crippen LogP contribution in [-0.4, -0.2) is 24.8 Å². The summed E-state index contributed by atoms with van der Waals surface area (Å²) in [4.78, 5) is 25.0. The molecular formula is C10H8N4O5S. The van der Waals surface area contributed by atoms with Crippen molar-refractivity contribution in [2.45, 2.75) is 4.90 Å². The van der Waals surface area contributed by atoms with E-state index in [1.807, 2.05) is 0 Å². The van der Waals surface area contributed by atoms with E-state index in [-0.39, 0.29) is 10.6 Å². The molecule has 0 radical (unpaired) electrons. The summed E-state index contributed by atoms with van der Waals surface area (Å²) in [6.45, 7) is 0. The summed E-state index contributed by atoms with van der Waals surface area (Å²) in [6.07, 6.45) is 2.25. The molecule has 1 aliphatic heterocycles. The molecule has 9 nitrogen and oxygen atoms in total. The number of amides is 2. The molecule has 1 aromatic rings. The van der Waals surface area contributed by atoms with Crippen molar-refractivity contribution in [1.82, 2.24) is 0 Å². The summed E-state index contributed by atoms with van der Waals surface area (Å²) >= 11 is 0. The molecule has 0 spiro atoms. The van der Waals surface area contributed by atoms with Crippen LogP contribution in [0.1, 0.15) is 0 Å². The van der Waals surface area contributed by atoms with E-state index in [9.17, 15) is 18.0 Å². The van der Waals surface area contributed by atoms with Crippen LogP contribution in [0, 0.1) is 5.53 Å². The number of carbonyl (C=O) groups excluding carboxylic acids is 2. The molecule has 10 heteroatoms. The van der Waals surface area contributed by atoms with E-state index in [0.717, 1.165) is 29.2 Å². The van der Waals surface area contributed by atoms with Gasteiger partial charge in [-0.25, -0.2) is 4.90 Å². The minimum Gasteiger partial charge on any atom is -0.282 e. The lowest BCUT2D eigenvalue weighted by molar-refractivity contribution is -0.119. The van der Waals surface area contributed by atoms with Crippen molar-refractivity contribution in [3.05, 3.63) is 46.9 Å². The molecule has 1 aliphatic rings. The smallest absolute Gasteiger partial charge is 0.282 e. The van der Waals surface area contributed by atoms with Gasteiger partial charge < -0.3 is 0 Å². The number of imide groups is 1. The molecule has 2 amide bonds. The number of carbonyl (C=O) groups is 2. The maximum Gasteiger partial charge on any atom is 0.294 e. The van der Waals surface area contributed by atoms with Crippen molar-refractivity contribution in [3.63, 3.8) is 0 Å². The van der Waals surface area contributed by atoms with Crippen LogP contribution in [0.4, 0.5) is 5.69 Å². The van der Waals surface area contributed by atoms with Crippen LogP contribution in [-0.2, 0) is 19.7 Å². The molecule has 0 aromatic heterocycles. The van der Waals surface area contributed by atoms with Crippen LogP contribution in [0.2, 0.25) is 0 Å². The van der Waals surface area contributed by atoms with Crippen molar-refractivity contribution in [2.75, 3.05) is 4.90 Å². The van der Waals surface area contributed by atoms with E-state index in [1.54, 1.807) is 4.91 Å². The molecule has 104 valence electrons. The van der Waals surface area contributed by atoms with Gasteiger partial charge in [-0.15, -0.1) is 5.53 Å². The van der Waals surface area contributed by atoms with Gasteiger partial charge in [0.25, 0.3) is 21.9 Å². The largest absolute Gasteiger partial charge is 0.294 e. The van der Waals surface area contributed by atoms with Crippen molar-refractivity contribution < 1.29 is 22.6 Å². The number of hydrogen-bond donors (Lipinski definition) is 2. The number of nitrogens with one attached hydrogen (secondary N) is 1. The molecule has 20 heavy (non-hydrogen) atoms. The van der Waals surface area contributed by atoms with Crippen LogP contribution in [0.25, 0.3) is 10.4 Å². The fraction of sp³-hybridized carbons (Fsp3) is 0. The Morgan fingerprint density at radius 2 is 1.50 bits per heavy atom. The highest BCUT2D eigenvalue weighted by Gasteiger charge is 2.25. The summed E-state index contributed by atoms with van der Waals surface area (Å²) in [7, 11) is -4.27. The molecule has 0 unspecified atom stereocenters. The van der Waals surface area contributed by atoms with Crippen LogP contribution in [0.15, 0.2) is 41.3 Å². The molecule has 1 heterocycles. The summed E-state index contributed by atoms with van der Waals surface area (Å²) in [5.41, 5.74) is 12.5. The zero-order valence-electron chi connectivity index (χ0n) is 9.79. The number of anilines is 1. The second-order valence-corrected chi connectivity index (χ2v) is 4.84. The first-order valence-electron chi connectivity index (χ1n) is 4.95. The zero-order chi connectivity index (χ0) is 15.3. The summed E-state index contributed by atoms with van der Waals surface area (Å²) < 4.78 is 30.3. The van der Waals surface area contributed by atoms with E-state index in [4.69, 9.17) is 15.6 Å². The first-order valence-corrected chi connectivity index (χ1v) is 6.39. The fourth-order valence-corrected chi connectivity index (χ4v) is 1.90. The van der Waals surface area contributed by atoms with Crippen molar-refractivity contribution in [2.24, 2.45) is 0 Å². The van der Waals surface area contributed by atoms with Gasteiger partial charge in [0.05, 0.1) is 10.6 Å². The Bertz CT molecular complexity index is 684. The molecule has 0 saturated carbocycles. The average Bonchev–Trinajstić information content (AvgIpc) is 2.69. The normalized spacial score (nSPS) is 13.8. The predicted molar refractivity (Wildman–Crippen MR) is 67.3 cm³/mol. The minimum atomic E-state index is -4.27. The Balaban J connectivity index is 0.000000612. The third-order valence-corrected chi connectivity index (χ3v) is 3.07. The number of benzene rings is 1. The third kappa shape index (κ3) is 3.42. The van der Waals surface area contributed by atoms with Gasteiger partial charge >= 0.3 is 0 Å². The number of hydrogen-bond acceptors (Lipinski definition) is 5. The Labute approximate surface area is 113 Å². The average molecular weight is 296 g/mol. The topological polar surface area (TPSA) is 152 Å². The van der Waals surface area contributed by atoms with Crippen LogP contribution < -0.4 is 4.90 Å². The molecule has 2 rings (SSSR count). The first kappa shape index (κ1) is 15.4. The van der Waals surface area contributed by atoms with E-state index >= 15 is 0 Å². The molecule has 0 saturated heterocycles. The van der Waals surface area contributed by atoms with Gasteiger partial charge in [0.15, 0.2) is 0 Å². The molecule has 0 atom stereocenters. The lowest BCUT2D eigenvalue weighted by atomic mass is 10.3. The minimum absolute atomic E-state index is 0.248. The number of nitrogens with zero attached hydrogens (tertiary/aromatic N) is 3. The van der Waals surface area contributed by atoms with Gasteiger partial charge in [0.1, 0.15) is 0 Å². The first-order chi connectivity index (χ1) is 9.31. The highest BCUT2D eigenvalue weighted by Crippen LogP contribution is 2.20. The van der Waals surface area contributed by atoms with Crippen LogP contribution in [0.5, 0.6) is 0 Å². The van der Waals surface area contributed by atoms with E-state index < -0.39 is 21.9 Å². The Kier molecular flexibility index (Phi) is 4.59. The van der Waals surface area contributed by atoms with Gasteiger partial charge in [0.2, 0.25) is 0 Å². The summed E-state index contributed by atoms with van der Waals surface area (Å²) in [5.74, 6) is -0.982. The van der Waals surface area contributed by atoms with E-state index in [0.29, 0.717) is 0 Å². The molecule has 2 N–H and O–H groups in total. The van der Waals surface area contributed by atoms with Gasteiger partial charge in [-0.1, -0.05) is 0 Å². The fourth-order valence-electron chi connectivity index (χ4n) is 1.42. The lowest BCUT2D eigenvalue weighted by Crippen LogP contribution is -2.29. The van der Waals surface area contributed by atoms with Crippen molar-refractivity contribution >= 4 is 27.6 Å². The maximum atomic E-state index is 11.3. The number of rotatable bonds is 2. The SMILES string of the molecule is O=C1C=CC(=O)N1c1ccc(S(=O)(=O)O)cc1.[N-]=[N+]=N. The van der Waals surface area contributed by atoms with Gasteiger partial charge in [-0.2, -0.15) is 8.42 Å². The Morgan fingerprint density at radius 3 is 1.85 bits per heavy atom. The third-order valence-electron chi connectivity index (χ3n) is 2.20. The summed E-state index contributed by atoms with van der Waals surface area (Å²) in [5, 5.41) is 0.